The number of hydrogen-bond donors (Lipinski definition) is 1. The largest absolute Gasteiger partial charge is 0.397 e. The molecule has 0 fully saturated rings. The van der Waals surface area contributed by atoms with E-state index in [1.165, 1.54) is 12.1 Å². The zero-order valence-corrected chi connectivity index (χ0v) is 10.5. The van der Waals surface area contributed by atoms with E-state index in [9.17, 15) is 4.39 Å². The van der Waals surface area contributed by atoms with Crippen LogP contribution in [-0.2, 0) is 6.54 Å². The fourth-order valence-corrected chi connectivity index (χ4v) is 1.71. The third-order valence-electron chi connectivity index (χ3n) is 2.86. The van der Waals surface area contributed by atoms with E-state index in [0.717, 1.165) is 16.9 Å². The van der Waals surface area contributed by atoms with Crippen molar-refractivity contribution < 1.29 is 4.39 Å². The summed E-state index contributed by atoms with van der Waals surface area (Å²) in [6.45, 7) is 2.63. The zero-order chi connectivity index (χ0) is 13.1. The minimum Gasteiger partial charge on any atom is -0.397 e. The Morgan fingerprint density at radius 2 is 1.94 bits per heavy atom. The van der Waals surface area contributed by atoms with E-state index in [4.69, 9.17) is 5.73 Å². The van der Waals surface area contributed by atoms with Crippen molar-refractivity contribution in [2.24, 2.45) is 0 Å². The molecule has 1 aromatic carbocycles. The Balaban J connectivity index is 2.13. The molecular weight excluding hydrogens is 229 g/mol. The number of benzene rings is 1. The van der Waals surface area contributed by atoms with Crippen molar-refractivity contribution in [1.82, 2.24) is 4.98 Å². The summed E-state index contributed by atoms with van der Waals surface area (Å²) in [5, 5.41) is 0. The molecule has 0 bridgehead atoms. The molecule has 2 rings (SSSR count). The van der Waals surface area contributed by atoms with Gasteiger partial charge in [-0.2, -0.15) is 0 Å². The van der Waals surface area contributed by atoms with Crippen LogP contribution in [0, 0.1) is 12.7 Å². The molecule has 0 amide bonds. The number of aromatic nitrogens is 1. The van der Waals surface area contributed by atoms with Crippen LogP contribution in [0.2, 0.25) is 0 Å². The second-order valence-corrected chi connectivity index (χ2v) is 4.38. The number of pyridine rings is 1. The summed E-state index contributed by atoms with van der Waals surface area (Å²) in [5.41, 5.74) is 8.47. The minimum atomic E-state index is -0.220. The van der Waals surface area contributed by atoms with Gasteiger partial charge in [-0.1, -0.05) is 12.1 Å². The van der Waals surface area contributed by atoms with Crippen molar-refractivity contribution in [3.63, 3.8) is 0 Å². The van der Waals surface area contributed by atoms with Gasteiger partial charge in [0.05, 0.1) is 11.9 Å². The molecule has 2 N–H and O–H groups in total. The second-order valence-electron chi connectivity index (χ2n) is 4.38. The summed E-state index contributed by atoms with van der Waals surface area (Å²) >= 11 is 0. The molecule has 0 radical (unpaired) electrons. The standard InChI is InChI=1S/C14H16FN3/c1-10-7-14(17-8-13(10)16)18(2)9-11-3-5-12(15)6-4-11/h3-8H,9,16H2,1-2H3. The maximum absolute atomic E-state index is 12.8. The summed E-state index contributed by atoms with van der Waals surface area (Å²) in [5.74, 6) is 0.633. The van der Waals surface area contributed by atoms with Gasteiger partial charge in [-0.15, -0.1) is 0 Å². The number of anilines is 2. The summed E-state index contributed by atoms with van der Waals surface area (Å²) in [6, 6.07) is 8.42. The molecule has 18 heavy (non-hydrogen) atoms. The van der Waals surface area contributed by atoms with Gasteiger partial charge in [0, 0.05) is 13.6 Å². The highest BCUT2D eigenvalue weighted by atomic mass is 19.1. The van der Waals surface area contributed by atoms with Gasteiger partial charge < -0.3 is 10.6 Å². The first kappa shape index (κ1) is 12.4. The van der Waals surface area contributed by atoms with E-state index in [1.54, 1.807) is 18.3 Å². The number of nitrogens with two attached hydrogens (primary N) is 1. The predicted molar refractivity (Wildman–Crippen MR) is 71.9 cm³/mol. The van der Waals surface area contributed by atoms with Crippen LogP contribution < -0.4 is 10.6 Å². The summed E-state index contributed by atoms with van der Waals surface area (Å²) in [4.78, 5) is 6.28. The lowest BCUT2D eigenvalue weighted by Crippen LogP contribution is -2.17. The van der Waals surface area contributed by atoms with Crippen molar-refractivity contribution in [2.75, 3.05) is 17.7 Å². The van der Waals surface area contributed by atoms with Crippen LogP contribution in [0.25, 0.3) is 0 Å². The van der Waals surface area contributed by atoms with Gasteiger partial charge in [-0.05, 0) is 36.2 Å². The molecule has 0 aliphatic rings. The molecule has 2 aromatic rings. The van der Waals surface area contributed by atoms with E-state index >= 15 is 0 Å². The summed E-state index contributed by atoms with van der Waals surface area (Å²) in [6.07, 6.45) is 1.66. The molecule has 0 unspecified atom stereocenters. The van der Waals surface area contributed by atoms with Crippen molar-refractivity contribution in [1.29, 1.82) is 0 Å². The van der Waals surface area contributed by atoms with E-state index in [2.05, 4.69) is 4.98 Å². The first-order valence-electron chi connectivity index (χ1n) is 5.74. The van der Waals surface area contributed by atoms with Crippen LogP contribution in [0.4, 0.5) is 15.9 Å². The number of nitrogen functional groups attached to an aromatic ring is 1. The van der Waals surface area contributed by atoms with Crippen molar-refractivity contribution in [3.05, 3.63) is 53.5 Å². The van der Waals surface area contributed by atoms with Gasteiger partial charge in [0.1, 0.15) is 11.6 Å². The number of rotatable bonds is 3. The molecule has 0 saturated heterocycles. The SMILES string of the molecule is Cc1cc(N(C)Cc2ccc(F)cc2)ncc1N. The average molecular weight is 245 g/mol. The van der Waals surface area contributed by atoms with Gasteiger partial charge in [-0.25, -0.2) is 9.37 Å². The quantitative estimate of drug-likeness (QED) is 0.904. The molecule has 4 heteroatoms. The van der Waals surface area contributed by atoms with Crippen LogP contribution in [-0.4, -0.2) is 12.0 Å². The first-order chi connectivity index (χ1) is 8.56. The van der Waals surface area contributed by atoms with Crippen LogP contribution in [0.15, 0.2) is 36.5 Å². The first-order valence-corrected chi connectivity index (χ1v) is 5.74. The van der Waals surface area contributed by atoms with Crippen LogP contribution >= 0.6 is 0 Å². The maximum atomic E-state index is 12.8. The highest BCUT2D eigenvalue weighted by Crippen LogP contribution is 2.18. The lowest BCUT2D eigenvalue weighted by atomic mass is 10.2. The maximum Gasteiger partial charge on any atom is 0.128 e. The van der Waals surface area contributed by atoms with Crippen molar-refractivity contribution in [3.8, 4) is 0 Å². The van der Waals surface area contributed by atoms with Crippen LogP contribution in [0.3, 0.4) is 0 Å². The fraction of sp³-hybridized carbons (Fsp3) is 0.214. The van der Waals surface area contributed by atoms with Gasteiger partial charge >= 0.3 is 0 Å². The molecular formula is C14H16FN3. The van der Waals surface area contributed by atoms with Gasteiger partial charge in [0.2, 0.25) is 0 Å². The Morgan fingerprint density at radius 3 is 2.56 bits per heavy atom. The molecule has 0 aliphatic carbocycles. The number of halogens is 1. The van der Waals surface area contributed by atoms with Crippen LogP contribution in [0.1, 0.15) is 11.1 Å². The van der Waals surface area contributed by atoms with E-state index in [1.807, 2.05) is 24.9 Å². The molecule has 3 nitrogen and oxygen atoms in total. The predicted octanol–water partition coefficient (Wildman–Crippen LogP) is 2.75. The molecule has 0 aliphatic heterocycles. The normalized spacial score (nSPS) is 10.4. The summed E-state index contributed by atoms with van der Waals surface area (Å²) < 4.78 is 12.8. The smallest absolute Gasteiger partial charge is 0.128 e. The van der Waals surface area contributed by atoms with E-state index < -0.39 is 0 Å². The van der Waals surface area contributed by atoms with E-state index in [0.29, 0.717) is 12.2 Å². The fourth-order valence-electron chi connectivity index (χ4n) is 1.71. The Hall–Kier alpha value is -2.10. The van der Waals surface area contributed by atoms with Crippen molar-refractivity contribution in [2.45, 2.75) is 13.5 Å². The Morgan fingerprint density at radius 1 is 1.28 bits per heavy atom. The Labute approximate surface area is 106 Å². The number of hydrogen-bond acceptors (Lipinski definition) is 3. The zero-order valence-electron chi connectivity index (χ0n) is 10.5. The second kappa shape index (κ2) is 5.04. The highest BCUT2D eigenvalue weighted by Gasteiger charge is 2.05. The Kier molecular flexibility index (Phi) is 3.46. The molecule has 1 heterocycles. The lowest BCUT2D eigenvalue weighted by molar-refractivity contribution is 0.627. The average Bonchev–Trinajstić information content (AvgIpc) is 2.35. The molecule has 0 atom stereocenters. The number of aryl methyl sites for hydroxylation is 1. The van der Waals surface area contributed by atoms with Crippen LogP contribution in [0.5, 0.6) is 0 Å². The van der Waals surface area contributed by atoms with Gasteiger partial charge in [0.15, 0.2) is 0 Å². The highest BCUT2D eigenvalue weighted by molar-refractivity contribution is 5.52. The van der Waals surface area contributed by atoms with Crippen molar-refractivity contribution >= 4 is 11.5 Å². The molecule has 1 aromatic heterocycles. The van der Waals surface area contributed by atoms with Gasteiger partial charge in [0.25, 0.3) is 0 Å². The van der Waals surface area contributed by atoms with Gasteiger partial charge in [-0.3, -0.25) is 0 Å². The summed E-state index contributed by atoms with van der Waals surface area (Å²) in [7, 11) is 1.95. The topological polar surface area (TPSA) is 42.2 Å². The third kappa shape index (κ3) is 2.77. The lowest BCUT2D eigenvalue weighted by Gasteiger charge is -2.19. The monoisotopic (exact) mass is 245 g/mol. The molecule has 0 spiro atoms. The Bertz CT molecular complexity index is 537. The number of nitrogens with zero attached hydrogens (tertiary/aromatic N) is 2. The third-order valence-corrected chi connectivity index (χ3v) is 2.86. The molecule has 94 valence electrons. The van der Waals surface area contributed by atoms with E-state index in [-0.39, 0.29) is 5.82 Å². The molecule has 0 saturated carbocycles. The minimum absolute atomic E-state index is 0.220.